The molecule has 0 aliphatic carbocycles. The van der Waals surface area contributed by atoms with E-state index in [0.29, 0.717) is 17.0 Å². The molecule has 0 bridgehead atoms. The summed E-state index contributed by atoms with van der Waals surface area (Å²) in [5.74, 6) is -3.99. The molecule has 3 N–H and O–H groups in total. The Morgan fingerprint density at radius 3 is 2.32 bits per heavy atom. The molecule has 1 amide bonds. The van der Waals surface area contributed by atoms with Gasteiger partial charge in [-0.2, -0.15) is 0 Å². The molecular formula is C21H25N3O7. The minimum absolute atomic E-state index is 0.0818. The molecule has 166 valence electrons. The van der Waals surface area contributed by atoms with Gasteiger partial charge in [-0.3, -0.25) is 14.9 Å². The molecule has 31 heavy (non-hydrogen) atoms. The molecule has 1 heterocycles. The highest BCUT2D eigenvalue weighted by Crippen LogP contribution is 2.39. The van der Waals surface area contributed by atoms with Crippen LogP contribution in [0, 0.1) is 16.0 Å². The van der Waals surface area contributed by atoms with Crippen LogP contribution in [0.3, 0.4) is 0 Å². The molecule has 1 aliphatic heterocycles. The largest absolute Gasteiger partial charge is 0.480 e. The van der Waals surface area contributed by atoms with Crippen molar-refractivity contribution in [1.29, 1.82) is 0 Å². The van der Waals surface area contributed by atoms with Gasteiger partial charge in [0.15, 0.2) is 0 Å². The number of nitrogens with one attached hydrogen (secondary N) is 2. The van der Waals surface area contributed by atoms with E-state index in [9.17, 15) is 29.6 Å². The summed E-state index contributed by atoms with van der Waals surface area (Å²) >= 11 is 0. The maximum absolute atomic E-state index is 13.2. The molecular weight excluding hydrogens is 406 g/mol. The maximum atomic E-state index is 13.2. The number of dihydropyridines is 1. The molecule has 0 fully saturated rings. The second-order valence-electron chi connectivity index (χ2n) is 7.51. The zero-order chi connectivity index (χ0) is 23.5. The fourth-order valence-electron chi connectivity index (χ4n) is 3.56. The van der Waals surface area contributed by atoms with Crippen molar-refractivity contribution in [2.24, 2.45) is 5.92 Å². The summed E-state index contributed by atoms with van der Waals surface area (Å²) in [6, 6.07) is 4.45. The van der Waals surface area contributed by atoms with Gasteiger partial charge in [0.05, 0.1) is 23.5 Å². The van der Waals surface area contributed by atoms with Gasteiger partial charge in [0.2, 0.25) is 0 Å². The van der Waals surface area contributed by atoms with E-state index in [2.05, 4.69) is 10.6 Å². The normalized spacial score (nSPS) is 17.2. The summed E-state index contributed by atoms with van der Waals surface area (Å²) in [5.41, 5.74) is 1.13. The Labute approximate surface area is 179 Å². The summed E-state index contributed by atoms with van der Waals surface area (Å²) in [4.78, 5) is 48.1. The molecule has 0 unspecified atom stereocenters. The third kappa shape index (κ3) is 4.90. The van der Waals surface area contributed by atoms with Gasteiger partial charge in [-0.1, -0.05) is 26.0 Å². The minimum Gasteiger partial charge on any atom is -0.480 e. The molecule has 0 aromatic heterocycles. The van der Waals surface area contributed by atoms with Gasteiger partial charge in [0.25, 0.3) is 11.6 Å². The second kappa shape index (κ2) is 9.41. The molecule has 0 saturated carbocycles. The topological polar surface area (TPSA) is 148 Å². The Balaban J connectivity index is 2.66. The Kier molecular flexibility index (Phi) is 7.16. The van der Waals surface area contributed by atoms with Crippen LogP contribution in [0.1, 0.15) is 39.2 Å². The number of ether oxygens (including phenoxy) is 1. The molecule has 2 rings (SSSR count). The standard InChI is InChI=1S/C21H25N3O7/c1-10(2)18(20(26)27)23-19(25)15-11(3)22-12(4)16(21(28)31-5)17(15)13-7-6-8-14(9-13)24(29)30/h6-10,17-18,22H,1-5H3,(H,23,25)(H,26,27)/t17-,18+/m0/s1. The number of nitro benzene ring substituents is 1. The Hall–Kier alpha value is -3.69. The van der Waals surface area contributed by atoms with Crippen molar-refractivity contribution in [3.8, 4) is 0 Å². The predicted molar refractivity (Wildman–Crippen MR) is 111 cm³/mol. The number of carboxylic acid groups (broad SMARTS) is 1. The van der Waals surface area contributed by atoms with Gasteiger partial charge in [0, 0.05) is 29.1 Å². The molecule has 10 heteroatoms. The lowest BCUT2D eigenvalue weighted by atomic mass is 9.79. The van der Waals surface area contributed by atoms with Gasteiger partial charge in [-0.25, -0.2) is 9.59 Å². The number of carbonyl (C=O) groups excluding carboxylic acids is 2. The van der Waals surface area contributed by atoms with E-state index < -0.39 is 40.6 Å². The zero-order valence-corrected chi connectivity index (χ0v) is 17.9. The van der Waals surface area contributed by atoms with E-state index in [4.69, 9.17) is 4.74 Å². The third-order valence-electron chi connectivity index (χ3n) is 5.04. The lowest BCUT2D eigenvalue weighted by Gasteiger charge is -2.31. The number of nitro groups is 1. The van der Waals surface area contributed by atoms with Crippen LogP contribution in [-0.2, 0) is 19.1 Å². The number of carbonyl (C=O) groups is 3. The number of aliphatic carboxylic acids is 1. The number of methoxy groups -OCH3 is 1. The SMILES string of the molecule is COC(=O)C1=C(C)NC(C)=C(C(=O)N[C@@H](C(=O)O)C(C)C)[C@@H]1c1cccc([N+](=O)[O-])c1. The fraction of sp³-hybridized carbons (Fsp3) is 0.381. The van der Waals surface area contributed by atoms with Crippen LogP contribution in [0.25, 0.3) is 0 Å². The Morgan fingerprint density at radius 2 is 1.81 bits per heavy atom. The van der Waals surface area contributed by atoms with Crippen LogP contribution >= 0.6 is 0 Å². The molecule has 0 spiro atoms. The highest BCUT2D eigenvalue weighted by molar-refractivity contribution is 6.03. The van der Waals surface area contributed by atoms with E-state index in [1.165, 1.54) is 25.3 Å². The zero-order valence-electron chi connectivity index (χ0n) is 17.9. The lowest BCUT2D eigenvalue weighted by molar-refractivity contribution is -0.384. The highest BCUT2D eigenvalue weighted by atomic mass is 16.6. The number of esters is 1. The first-order valence-electron chi connectivity index (χ1n) is 9.54. The van der Waals surface area contributed by atoms with E-state index in [0.717, 1.165) is 0 Å². The van der Waals surface area contributed by atoms with Crippen LogP contribution in [-0.4, -0.2) is 41.0 Å². The van der Waals surface area contributed by atoms with E-state index >= 15 is 0 Å². The van der Waals surface area contributed by atoms with Crippen molar-refractivity contribution in [1.82, 2.24) is 10.6 Å². The summed E-state index contributed by atoms with van der Waals surface area (Å²) in [6.07, 6.45) is 0. The van der Waals surface area contributed by atoms with Crippen LogP contribution in [0.15, 0.2) is 46.8 Å². The number of benzene rings is 1. The average Bonchev–Trinajstić information content (AvgIpc) is 2.70. The lowest BCUT2D eigenvalue weighted by Crippen LogP contribution is -2.47. The van der Waals surface area contributed by atoms with Crippen molar-refractivity contribution < 1.29 is 29.2 Å². The van der Waals surface area contributed by atoms with E-state index in [-0.39, 0.29) is 16.8 Å². The van der Waals surface area contributed by atoms with Crippen molar-refractivity contribution in [2.45, 2.75) is 39.7 Å². The summed E-state index contributed by atoms with van der Waals surface area (Å²) in [5, 5.41) is 26.2. The van der Waals surface area contributed by atoms with E-state index in [1.807, 2.05) is 0 Å². The van der Waals surface area contributed by atoms with Crippen LogP contribution in [0.4, 0.5) is 5.69 Å². The van der Waals surface area contributed by atoms with Crippen LogP contribution < -0.4 is 10.6 Å². The molecule has 1 aliphatic rings. The first-order valence-corrected chi connectivity index (χ1v) is 9.54. The number of nitrogens with zero attached hydrogens (tertiary/aromatic N) is 1. The quantitative estimate of drug-likeness (QED) is 0.338. The van der Waals surface area contributed by atoms with Crippen LogP contribution in [0.5, 0.6) is 0 Å². The van der Waals surface area contributed by atoms with Crippen molar-refractivity contribution in [3.05, 3.63) is 62.5 Å². The number of rotatable bonds is 7. The Bertz CT molecular complexity index is 994. The van der Waals surface area contributed by atoms with E-state index in [1.54, 1.807) is 33.8 Å². The second-order valence-corrected chi connectivity index (χ2v) is 7.51. The Morgan fingerprint density at radius 1 is 1.19 bits per heavy atom. The first kappa shape index (κ1) is 23.6. The van der Waals surface area contributed by atoms with Crippen molar-refractivity contribution >= 4 is 23.5 Å². The van der Waals surface area contributed by atoms with Crippen molar-refractivity contribution in [2.75, 3.05) is 7.11 Å². The predicted octanol–water partition coefficient (Wildman–Crippen LogP) is 2.23. The summed E-state index contributed by atoms with van der Waals surface area (Å²) < 4.78 is 4.89. The smallest absolute Gasteiger partial charge is 0.336 e. The maximum Gasteiger partial charge on any atom is 0.336 e. The average molecular weight is 431 g/mol. The minimum atomic E-state index is -1.20. The number of hydrogen-bond acceptors (Lipinski definition) is 7. The van der Waals surface area contributed by atoms with Gasteiger partial charge >= 0.3 is 11.9 Å². The molecule has 2 atom stereocenters. The molecule has 10 nitrogen and oxygen atoms in total. The summed E-state index contributed by atoms with van der Waals surface area (Å²) in [7, 11) is 1.19. The number of hydrogen-bond donors (Lipinski definition) is 3. The van der Waals surface area contributed by atoms with Gasteiger partial charge in [0.1, 0.15) is 6.04 Å². The molecule has 0 saturated heterocycles. The van der Waals surface area contributed by atoms with Gasteiger partial charge in [-0.05, 0) is 25.3 Å². The summed E-state index contributed by atoms with van der Waals surface area (Å²) in [6.45, 7) is 6.55. The number of carboxylic acids is 1. The first-order chi connectivity index (χ1) is 14.5. The number of amides is 1. The molecule has 1 aromatic rings. The molecule has 0 radical (unpaired) electrons. The van der Waals surface area contributed by atoms with Crippen LogP contribution in [0.2, 0.25) is 0 Å². The number of non-ortho nitro benzene ring substituents is 1. The van der Waals surface area contributed by atoms with Crippen molar-refractivity contribution in [3.63, 3.8) is 0 Å². The number of allylic oxidation sites excluding steroid dienone is 2. The van der Waals surface area contributed by atoms with Gasteiger partial charge < -0.3 is 20.5 Å². The third-order valence-corrected chi connectivity index (χ3v) is 5.04. The van der Waals surface area contributed by atoms with Gasteiger partial charge in [-0.15, -0.1) is 0 Å². The monoisotopic (exact) mass is 431 g/mol. The fourth-order valence-corrected chi connectivity index (χ4v) is 3.56. The molecule has 1 aromatic carbocycles. The highest BCUT2D eigenvalue weighted by Gasteiger charge is 2.38.